The van der Waals surface area contributed by atoms with E-state index in [1.807, 2.05) is 12.1 Å². The highest BCUT2D eigenvalue weighted by molar-refractivity contribution is 9.10. The highest BCUT2D eigenvalue weighted by Crippen LogP contribution is 2.20. The van der Waals surface area contributed by atoms with Gasteiger partial charge in [-0.25, -0.2) is 4.39 Å². The Morgan fingerprint density at radius 1 is 1.17 bits per heavy atom. The first kappa shape index (κ1) is 17.9. The molecule has 2 aromatic carbocycles. The molecule has 0 aliphatic heterocycles. The zero-order valence-corrected chi connectivity index (χ0v) is 14.6. The van der Waals surface area contributed by atoms with Gasteiger partial charge in [0.2, 0.25) is 11.8 Å². The summed E-state index contributed by atoms with van der Waals surface area (Å²) in [4.78, 5) is 25.3. The minimum Gasteiger partial charge on any atom is -0.333 e. The third-order valence-corrected chi connectivity index (χ3v) is 3.88. The molecule has 0 spiro atoms. The summed E-state index contributed by atoms with van der Waals surface area (Å²) in [5, 5.41) is 2.73. The molecule has 4 nitrogen and oxygen atoms in total. The van der Waals surface area contributed by atoms with Crippen molar-refractivity contribution in [1.29, 1.82) is 0 Å². The van der Waals surface area contributed by atoms with Crippen molar-refractivity contribution in [2.45, 2.75) is 0 Å². The van der Waals surface area contributed by atoms with E-state index in [1.165, 1.54) is 30.2 Å². The molecule has 0 aliphatic rings. The van der Waals surface area contributed by atoms with Crippen LogP contribution in [0.2, 0.25) is 0 Å². The summed E-state index contributed by atoms with van der Waals surface area (Å²) in [6, 6.07) is 13.0. The number of amides is 2. The first-order valence-electron chi connectivity index (χ1n) is 7.19. The number of anilines is 1. The third kappa shape index (κ3) is 5.31. The lowest BCUT2D eigenvalue weighted by atomic mass is 10.2. The Morgan fingerprint density at radius 2 is 1.83 bits per heavy atom. The minimum absolute atomic E-state index is 0.0755. The maximum Gasteiger partial charge on any atom is 0.246 e. The van der Waals surface area contributed by atoms with Gasteiger partial charge < -0.3 is 10.2 Å². The molecule has 124 valence electrons. The molecule has 1 N–H and O–H groups in total. The molecule has 2 aromatic rings. The standard InChI is InChI=1S/C18H16BrFN2O2/c1-22(12-17(23)21-16-5-3-2-4-15(16)19)18(24)11-8-13-6-9-14(20)10-7-13/h2-11H,12H2,1H3,(H,21,23)/b11-8+. The summed E-state index contributed by atoms with van der Waals surface area (Å²) in [7, 11) is 1.54. The smallest absolute Gasteiger partial charge is 0.246 e. The highest BCUT2D eigenvalue weighted by Gasteiger charge is 2.11. The van der Waals surface area contributed by atoms with Crippen LogP contribution in [0.25, 0.3) is 6.08 Å². The van der Waals surface area contributed by atoms with Crippen LogP contribution in [0.4, 0.5) is 10.1 Å². The first-order chi connectivity index (χ1) is 11.5. The van der Waals surface area contributed by atoms with E-state index < -0.39 is 0 Å². The largest absolute Gasteiger partial charge is 0.333 e. The lowest BCUT2D eigenvalue weighted by molar-refractivity contribution is -0.129. The molecule has 0 heterocycles. The number of hydrogen-bond acceptors (Lipinski definition) is 2. The molecule has 24 heavy (non-hydrogen) atoms. The van der Waals surface area contributed by atoms with Crippen LogP contribution in [0.5, 0.6) is 0 Å². The van der Waals surface area contributed by atoms with E-state index in [-0.39, 0.29) is 24.2 Å². The number of para-hydroxylation sites is 1. The Balaban J connectivity index is 1.90. The molecular weight excluding hydrogens is 375 g/mol. The van der Waals surface area contributed by atoms with Crippen LogP contribution in [-0.4, -0.2) is 30.3 Å². The second-order valence-corrected chi connectivity index (χ2v) is 5.96. The number of halogens is 2. The van der Waals surface area contributed by atoms with Gasteiger partial charge in [-0.2, -0.15) is 0 Å². The number of likely N-dealkylation sites (N-methyl/N-ethyl adjacent to an activating group) is 1. The first-order valence-corrected chi connectivity index (χ1v) is 7.98. The van der Waals surface area contributed by atoms with E-state index in [2.05, 4.69) is 21.2 Å². The lowest BCUT2D eigenvalue weighted by Gasteiger charge is -2.15. The van der Waals surface area contributed by atoms with Crippen molar-refractivity contribution < 1.29 is 14.0 Å². The average molecular weight is 391 g/mol. The van der Waals surface area contributed by atoms with Gasteiger partial charge in [0, 0.05) is 17.6 Å². The molecule has 0 saturated heterocycles. The minimum atomic E-state index is -0.334. The molecule has 0 bridgehead atoms. The highest BCUT2D eigenvalue weighted by atomic mass is 79.9. The molecule has 0 aromatic heterocycles. The van der Waals surface area contributed by atoms with Crippen molar-refractivity contribution in [2.24, 2.45) is 0 Å². The number of rotatable bonds is 5. The van der Waals surface area contributed by atoms with Gasteiger partial charge in [0.1, 0.15) is 5.82 Å². The topological polar surface area (TPSA) is 49.4 Å². The van der Waals surface area contributed by atoms with Gasteiger partial charge in [-0.3, -0.25) is 9.59 Å². The SMILES string of the molecule is CN(CC(=O)Nc1ccccc1Br)C(=O)/C=C/c1ccc(F)cc1. The van der Waals surface area contributed by atoms with E-state index in [0.717, 1.165) is 4.47 Å². The van der Waals surface area contributed by atoms with Crippen LogP contribution in [0, 0.1) is 5.82 Å². The molecule has 0 unspecified atom stereocenters. The van der Waals surface area contributed by atoms with Crippen molar-refractivity contribution in [2.75, 3.05) is 18.9 Å². The van der Waals surface area contributed by atoms with Gasteiger partial charge in [-0.1, -0.05) is 24.3 Å². The molecule has 2 amide bonds. The summed E-state index contributed by atoms with van der Waals surface area (Å²) in [6.07, 6.45) is 2.92. The Bertz CT molecular complexity index is 760. The Kier molecular flexibility index (Phi) is 6.26. The second kappa shape index (κ2) is 8.40. The Labute approximate surface area is 148 Å². The molecule has 0 saturated carbocycles. The van der Waals surface area contributed by atoms with E-state index in [1.54, 1.807) is 30.3 Å². The molecule has 6 heteroatoms. The number of carbonyl (C=O) groups excluding carboxylic acids is 2. The van der Waals surface area contributed by atoms with E-state index in [9.17, 15) is 14.0 Å². The molecule has 0 fully saturated rings. The number of hydrogen-bond donors (Lipinski definition) is 1. The predicted octanol–water partition coefficient (Wildman–Crippen LogP) is 3.70. The summed E-state index contributed by atoms with van der Waals surface area (Å²) in [5.74, 6) is -0.950. The number of nitrogens with one attached hydrogen (secondary N) is 1. The van der Waals surface area contributed by atoms with E-state index in [4.69, 9.17) is 0 Å². The van der Waals surface area contributed by atoms with Gasteiger partial charge in [0.25, 0.3) is 0 Å². The maximum atomic E-state index is 12.8. The fourth-order valence-electron chi connectivity index (χ4n) is 1.91. The molecule has 2 rings (SSSR count). The quantitative estimate of drug-likeness (QED) is 0.791. The van der Waals surface area contributed by atoms with Crippen LogP contribution in [0.15, 0.2) is 59.1 Å². The molecule has 0 radical (unpaired) electrons. The monoisotopic (exact) mass is 390 g/mol. The third-order valence-electron chi connectivity index (χ3n) is 3.19. The number of nitrogens with zero attached hydrogens (tertiary/aromatic N) is 1. The summed E-state index contributed by atoms with van der Waals surface area (Å²) < 4.78 is 13.6. The van der Waals surface area contributed by atoms with Crippen molar-refractivity contribution in [1.82, 2.24) is 4.90 Å². The average Bonchev–Trinajstić information content (AvgIpc) is 2.56. The molecule has 0 aliphatic carbocycles. The normalized spacial score (nSPS) is 10.6. The Hall–Kier alpha value is -2.47. The second-order valence-electron chi connectivity index (χ2n) is 5.11. The predicted molar refractivity (Wildman–Crippen MR) is 95.8 cm³/mol. The molecule has 0 atom stereocenters. The molecular formula is C18H16BrFN2O2. The maximum absolute atomic E-state index is 12.8. The van der Waals surface area contributed by atoms with Gasteiger partial charge in [-0.05, 0) is 51.8 Å². The van der Waals surface area contributed by atoms with Crippen molar-refractivity contribution in [3.8, 4) is 0 Å². The fraction of sp³-hybridized carbons (Fsp3) is 0.111. The van der Waals surface area contributed by atoms with Gasteiger partial charge in [-0.15, -0.1) is 0 Å². The van der Waals surface area contributed by atoms with Crippen molar-refractivity contribution in [3.63, 3.8) is 0 Å². The van der Waals surface area contributed by atoms with Crippen molar-refractivity contribution in [3.05, 3.63) is 70.5 Å². The van der Waals surface area contributed by atoms with Crippen molar-refractivity contribution >= 4 is 39.5 Å². The summed E-state index contributed by atoms with van der Waals surface area (Å²) >= 11 is 3.34. The zero-order valence-electron chi connectivity index (χ0n) is 13.0. The van der Waals surface area contributed by atoms with Crippen LogP contribution >= 0.6 is 15.9 Å². The Morgan fingerprint density at radius 3 is 2.50 bits per heavy atom. The van der Waals surface area contributed by atoms with Gasteiger partial charge in [0.05, 0.1) is 12.2 Å². The summed E-state index contributed by atoms with van der Waals surface area (Å²) in [5.41, 5.74) is 1.35. The number of benzene rings is 2. The van der Waals surface area contributed by atoms with E-state index >= 15 is 0 Å². The van der Waals surface area contributed by atoms with Gasteiger partial charge in [0.15, 0.2) is 0 Å². The van der Waals surface area contributed by atoms with E-state index in [0.29, 0.717) is 11.3 Å². The number of carbonyl (C=O) groups is 2. The van der Waals surface area contributed by atoms with Gasteiger partial charge >= 0.3 is 0 Å². The van der Waals surface area contributed by atoms with Crippen LogP contribution in [-0.2, 0) is 9.59 Å². The summed E-state index contributed by atoms with van der Waals surface area (Å²) in [6.45, 7) is -0.0755. The zero-order chi connectivity index (χ0) is 17.5. The fourth-order valence-corrected chi connectivity index (χ4v) is 2.30. The van der Waals surface area contributed by atoms with Crippen LogP contribution in [0.3, 0.4) is 0 Å². The van der Waals surface area contributed by atoms with Crippen LogP contribution < -0.4 is 5.32 Å². The lowest BCUT2D eigenvalue weighted by Crippen LogP contribution is -2.33. The van der Waals surface area contributed by atoms with Crippen LogP contribution in [0.1, 0.15) is 5.56 Å².